The van der Waals surface area contributed by atoms with E-state index in [4.69, 9.17) is 5.73 Å². The zero-order chi connectivity index (χ0) is 11.4. The molecule has 0 bridgehead atoms. The van der Waals surface area contributed by atoms with Gasteiger partial charge in [-0.1, -0.05) is 12.1 Å². The lowest BCUT2D eigenvalue weighted by molar-refractivity contribution is 0.628. The van der Waals surface area contributed by atoms with E-state index in [1.54, 1.807) is 12.1 Å². The van der Waals surface area contributed by atoms with E-state index in [2.05, 4.69) is 15.2 Å². The fraction of sp³-hybridized carbons (Fsp3) is 0.273. The van der Waals surface area contributed by atoms with Crippen LogP contribution in [-0.2, 0) is 6.42 Å². The third kappa shape index (κ3) is 2.43. The molecule has 5 heteroatoms. The first kappa shape index (κ1) is 10.8. The van der Waals surface area contributed by atoms with Crippen molar-refractivity contribution in [2.75, 3.05) is 6.54 Å². The Labute approximate surface area is 92.7 Å². The lowest BCUT2D eigenvalue weighted by Gasteiger charge is -1.94. The molecule has 2 rings (SSSR count). The Kier molecular flexibility index (Phi) is 3.26. The van der Waals surface area contributed by atoms with Gasteiger partial charge in [-0.3, -0.25) is 5.10 Å². The van der Waals surface area contributed by atoms with E-state index in [0.29, 0.717) is 17.9 Å². The number of hydrogen-bond donors (Lipinski definition) is 2. The minimum absolute atomic E-state index is 0.286. The van der Waals surface area contributed by atoms with Crippen molar-refractivity contribution in [1.82, 2.24) is 15.2 Å². The van der Waals surface area contributed by atoms with Crippen molar-refractivity contribution in [1.29, 1.82) is 0 Å². The summed E-state index contributed by atoms with van der Waals surface area (Å²) in [5.74, 6) is 1.02. The molecule has 1 aromatic carbocycles. The van der Waals surface area contributed by atoms with Gasteiger partial charge in [0.15, 0.2) is 5.82 Å². The first-order chi connectivity index (χ1) is 7.79. The topological polar surface area (TPSA) is 67.6 Å². The summed E-state index contributed by atoms with van der Waals surface area (Å²) < 4.78 is 13.0. The van der Waals surface area contributed by atoms with Gasteiger partial charge in [0, 0.05) is 12.0 Å². The Balaban J connectivity index is 2.18. The van der Waals surface area contributed by atoms with Gasteiger partial charge in [0.25, 0.3) is 0 Å². The zero-order valence-electron chi connectivity index (χ0n) is 8.78. The predicted molar refractivity (Wildman–Crippen MR) is 59.2 cm³/mol. The number of hydrogen-bond acceptors (Lipinski definition) is 3. The molecule has 1 heterocycles. The number of aromatic amines is 1. The van der Waals surface area contributed by atoms with Crippen LogP contribution in [0.2, 0.25) is 0 Å². The second-order valence-corrected chi connectivity index (χ2v) is 3.51. The smallest absolute Gasteiger partial charge is 0.181 e. The average Bonchev–Trinajstić information content (AvgIpc) is 2.75. The van der Waals surface area contributed by atoms with Crippen molar-refractivity contribution in [3.05, 3.63) is 35.9 Å². The first-order valence-corrected chi connectivity index (χ1v) is 5.17. The summed E-state index contributed by atoms with van der Waals surface area (Å²) >= 11 is 0. The van der Waals surface area contributed by atoms with Gasteiger partial charge < -0.3 is 5.73 Å². The molecule has 0 spiro atoms. The average molecular weight is 220 g/mol. The number of halogens is 1. The highest BCUT2D eigenvalue weighted by atomic mass is 19.1. The number of rotatable bonds is 4. The Morgan fingerprint density at radius 3 is 3.00 bits per heavy atom. The Hall–Kier alpha value is -1.75. The monoisotopic (exact) mass is 220 g/mol. The highest BCUT2D eigenvalue weighted by Gasteiger charge is 2.05. The van der Waals surface area contributed by atoms with Crippen LogP contribution in [0.5, 0.6) is 0 Å². The maximum Gasteiger partial charge on any atom is 0.181 e. The molecule has 4 nitrogen and oxygen atoms in total. The van der Waals surface area contributed by atoms with E-state index in [1.165, 1.54) is 12.1 Å². The molecule has 0 saturated carbocycles. The molecule has 0 aliphatic rings. The second-order valence-electron chi connectivity index (χ2n) is 3.51. The molecule has 0 radical (unpaired) electrons. The third-order valence-electron chi connectivity index (χ3n) is 2.23. The van der Waals surface area contributed by atoms with Crippen molar-refractivity contribution >= 4 is 0 Å². The number of benzene rings is 1. The number of nitrogens with one attached hydrogen (secondary N) is 1. The highest BCUT2D eigenvalue weighted by molar-refractivity contribution is 5.54. The van der Waals surface area contributed by atoms with Crippen molar-refractivity contribution in [2.24, 2.45) is 5.73 Å². The van der Waals surface area contributed by atoms with E-state index in [1.807, 2.05) is 0 Å². The molecule has 1 aromatic heterocycles. The summed E-state index contributed by atoms with van der Waals surface area (Å²) in [6, 6.07) is 6.22. The first-order valence-electron chi connectivity index (χ1n) is 5.17. The molecular formula is C11H13FN4. The van der Waals surface area contributed by atoms with Crippen molar-refractivity contribution in [3.8, 4) is 11.4 Å². The quantitative estimate of drug-likeness (QED) is 0.820. The summed E-state index contributed by atoms with van der Waals surface area (Å²) in [5, 5.41) is 6.86. The lowest BCUT2D eigenvalue weighted by Crippen LogP contribution is -2.01. The number of aromatic nitrogens is 3. The van der Waals surface area contributed by atoms with Gasteiger partial charge in [-0.05, 0) is 25.1 Å². The van der Waals surface area contributed by atoms with Crippen LogP contribution in [0.4, 0.5) is 4.39 Å². The maximum atomic E-state index is 13.0. The molecule has 0 aliphatic heterocycles. The fourth-order valence-electron chi connectivity index (χ4n) is 1.43. The maximum absolute atomic E-state index is 13.0. The largest absolute Gasteiger partial charge is 0.330 e. The number of aryl methyl sites for hydroxylation is 1. The van der Waals surface area contributed by atoms with E-state index in [9.17, 15) is 4.39 Å². The minimum Gasteiger partial charge on any atom is -0.330 e. The van der Waals surface area contributed by atoms with Crippen molar-refractivity contribution in [3.63, 3.8) is 0 Å². The Morgan fingerprint density at radius 2 is 2.25 bits per heavy atom. The van der Waals surface area contributed by atoms with Crippen LogP contribution in [0.15, 0.2) is 24.3 Å². The van der Waals surface area contributed by atoms with Crippen molar-refractivity contribution < 1.29 is 4.39 Å². The molecule has 84 valence electrons. The molecule has 0 unspecified atom stereocenters. The van der Waals surface area contributed by atoms with E-state index in [0.717, 1.165) is 18.7 Å². The number of nitrogens with zero attached hydrogens (tertiary/aromatic N) is 2. The molecule has 16 heavy (non-hydrogen) atoms. The summed E-state index contributed by atoms with van der Waals surface area (Å²) in [7, 11) is 0. The van der Waals surface area contributed by atoms with Gasteiger partial charge in [0.1, 0.15) is 11.6 Å². The summed E-state index contributed by atoms with van der Waals surface area (Å²) in [5.41, 5.74) is 6.08. The van der Waals surface area contributed by atoms with Crippen LogP contribution in [0.1, 0.15) is 12.2 Å². The van der Waals surface area contributed by atoms with Gasteiger partial charge in [0.2, 0.25) is 0 Å². The van der Waals surface area contributed by atoms with Crippen LogP contribution in [0.25, 0.3) is 11.4 Å². The third-order valence-corrected chi connectivity index (χ3v) is 2.23. The molecule has 0 saturated heterocycles. The Bertz CT molecular complexity index is 467. The van der Waals surface area contributed by atoms with Gasteiger partial charge >= 0.3 is 0 Å². The van der Waals surface area contributed by atoms with Crippen LogP contribution in [0.3, 0.4) is 0 Å². The Morgan fingerprint density at radius 1 is 1.38 bits per heavy atom. The molecular weight excluding hydrogens is 207 g/mol. The van der Waals surface area contributed by atoms with E-state index in [-0.39, 0.29) is 5.82 Å². The van der Waals surface area contributed by atoms with Crippen LogP contribution in [0, 0.1) is 5.82 Å². The molecule has 0 fully saturated rings. The standard InChI is InChI=1S/C11H13FN4/c12-9-4-1-3-8(7-9)11-14-10(15-16-11)5-2-6-13/h1,3-4,7H,2,5-6,13H2,(H,14,15,16). The minimum atomic E-state index is -0.286. The number of H-pyrrole nitrogens is 1. The zero-order valence-corrected chi connectivity index (χ0v) is 8.78. The SMILES string of the molecule is NCCCc1nc(-c2cccc(F)c2)n[nH]1. The number of nitrogens with two attached hydrogens (primary N) is 1. The van der Waals surface area contributed by atoms with Crippen LogP contribution >= 0.6 is 0 Å². The van der Waals surface area contributed by atoms with Gasteiger partial charge in [-0.15, -0.1) is 0 Å². The van der Waals surface area contributed by atoms with Crippen LogP contribution < -0.4 is 5.73 Å². The molecule has 2 aromatic rings. The summed E-state index contributed by atoms with van der Waals surface area (Å²) in [6.45, 7) is 0.621. The van der Waals surface area contributed by atoms with E-state index >= 15 is 0 Å². The van der Waals surface area contributed by atoms with Gasteiger partial charge in [0.05, 0.1) is 0 Å². The van der Waals surface area contributed by atoms with Gasteiger partial charge in [-0.2, -0.15) is 5.10 Å². The van der Waals surface area contributed by atoms with Crippen molar-refractivity contribution in [2.45, 2.75) is 12.8 Å². The fourth-order valence-corrected chi connectivity index (χ4v) is 1.43. The van der Waals surface area contributed by atoms with Crippen LogP contribution in [-0.4, -0.2) is 21.7 Å². The molecule has 3 N–H and O–H groups in total. The van der Waals surface area contributed by atoms with E-state index < -0.39 is 0 Å². The summed E-state index contributed by atoms with van der Waals surface area (Å²) in [4.78, 5) is 4.27. The summed E-state index contributed by atoms with van der Waals surface area (Å²) in [6.07, 6.45) is 1.62. The normalized spacial score (nSPS) is 10.6. The highest BCUT2D eigenvalue weighted by Crippen LogP contribution is 2.15. The second kappa shape index (κ2) is 4.85. The molecule has 0 aliphatic carbocycles. The molecule has 0 atom stereocenters. The predicted octanol–water partition coefficient (Wildman–Crippen LogP) is 1.50. The molecule has 0 amide bonds. The van der Waals surface area contributed by atoms with Gasteiger partial charge in [-0.25, -0.2) is 9.37 Å². The lowest BCUT2D eigenvalue weighted by atomic mass is 10.2.